The van der Waals surface area contributed by atoms with Crippen molar-refractivity contribution in [1.82, 2.24) is 0 Å². The van der Waals surface area contributed by atoms with Gasteiger partial charge in [-0.3, -0.25) is 0 Å². The summed E-state index contributed by atoms with van der Waals surface area (Å²) in [5, 5.41) is 0. The van der Waals surface area contributed by atoms with E-state index in [-0.39, 0.29) is 0 Å². The zero-order valence-electron chi connectivity index (χ0n) is 5.76. The van der Waals surface area contributed by atoms with Crippen LogP contribution in [0.25, 0.3) is 0 Å². The molecule has 0 aromatic carbocycles. The largest absolute Gasteiger partial charge is 0.453 e. The minimum Gasteiger partial charge on any atom is -0.453 e. The summed E-state index contributed by atoms with van der Waals surface area (Å²) in [4.78, 5) is 3.16. The second-order valence-corrected chi connectivity index (χ2v) is 2.50. The van der Waals surface area contributed by atoms with Crippen molar-refractivity contribution in [3.05, 3.63) is 24.3 Å². The highest BCUT2D eigenvalue weighted by Crippen LogP contribution is 2.14. The molecule has 2 heteroatoms. The second kappa shape index (κ2) is 2.29. The highest BCUT2D eigenvalue weighted by Gasteiger charge is 2.19. The number of rotatable bonds is 0. The highest BCUT2D eigenvalue weighted by atomic mass is 16.5. The van der Waals surface area contributed by atoms with Crippen molar-refractivity contribution >= 4 is 5.71 Å². The Morgan fingerprint density at radius 1 is 1.50 bits per heavy atom. The fourth-order valence-electron chi connectivity index (χ4n) is 1.26. The number of fused-ring (bicyclic) bond motifs is 1. The van der Waals surface area contributed by atoms with Gasteiger partial charge in [-0.05, 0) is 18.9 Å². The van der Waals surface area contributed by atoms with Gasteiger partial charge in [-0.2, -0.15) is 0 Å². The molecule has 1 N–H and O–H groups in total. The van der Waals surface area contributed by atoms with E-state index in [9.17, 15) is 0 Å². The lowest BCUT2D eigenvalue weighted by atomic mass is 10.0. The molecule has 1 aliphatic heterocycles. The monoisotopic (exact) mass is 136 g/mol. The minimum atomic E-state index is 1.02. The van der Waals surface area contributed by atoms with Crippen molar-refractivity contribution in [2.45, 2.75) is 19.3 Å². The van der Waals surface area contributed by atoms with Crippen LogP contribution in [0.4, 0.5) is 0 Å². The molecule has 0 aromatic heterocycles. The summed E-state index contributed by atoms with van der Waals surface area (Å²) >= 11 is 0. The van der Waals surface area contributed by atoms with E-state index in [0.717, 1.165) is 18.6 Å². The third kappa shape index (κ3) is 0.856. The van der Waals surface area contributed by atoms with Crippen molar-refractivity contribution in [2.24, 2.45) is 0 Å². The molecule has 0 bridgehead atoms. The van der Waals surface area contributed by atoms with Gasteiger partial charge in [0.15, 0.2) is 12.0 Å². The van der Waals surface area contributed by atoms with Crippen molar-refractivity contribution < 1.29 is 9.73 Å². The Balaban J connectivity index is 2.32. The normalized spacial score (nSPS) is 22.4. The maximum Gasteiger partial charge on any atom is 0.222 e. The summed E-state index contributed by atoms with van der Waals surface area (Å²) in [7, 11) is 0. The van der Waals surface area contributed by atoms with Crippen molar-refractivity contribution in [3.63, 3.8) is 0 Å². The molecule has 2 aliphatic rings. The summed E-state index contributed by atoms with van der Waals surface area (Å²) < 4.78 is 5.26. The molecule has 0 fully saturated rings. The number of hydrogen-bond donors (Lipinski definition) is 1. The highest BCUT2D eigenvalue weighted by molar-refractivity contribution is 5.94. The number of nitrogens with one attached hydrogen (secondary N) is 1. The van der Waals surface area contributed by atoms with E-state index in [4.69, 9.17) is 4.74 Å². The SMILES string of the molecule is C1=COC2=CCCCC2=[NH+]1. The van der Waals surface area contributed by atoms with Gasteiger partial charge < -0.3 is 4.74 Å². The number of allylic oxidation sites excluding steroid dienone is 2. The van der Waals surface area contributed by atoms with Crippen LogP contribution in [0.15, 0.2) is 24.3 Å². The summed E-state index contributed by atoms with van der Waals surface area (Å²) in [5.74, 6) is 1.02. The van der Waals surface area contributed by atoms with Crippen LogP contribution in [0.2, 0.25) is 0 Å². The molecule has 0 radical (unpaired) electrons. The summed E-state index contributed by atoms with van der Waals surface area (Å²) in [6, 6.07) is 0. The first-order valence-electron chi connectivity index (χ1n) is 3.61. The third-order valence-corrected chi connectivity index (χ3v) is 1.78. The van der Waals surface area contributed by atoms with E-state index in [0.29, 0.717) is 0 Å². The molecular weight excluding hydrogens is 126 g/mol. The van der Waals surface area contributed by atoms with E-state index >= 15 is 0 Å². The predicted octanol–water partition coefficient (Wildman–Crippen LogP) is 0.0772. The molecule has 0 spiro atoms. The molecule has 2 nitrogen and oxygen atoms in total. The Morgan fingerprint density at radius 2 is 2.50 bits per heavy atom. The van der Waals surface area contributed by atoms with Gasteiger partial charge in [0.05, 0.1) is 0 Å². The lowest BCUT2D eigenvalue weighted by Gasteiger charge is -2.11. The summed E-state index contributed by atoms with van der Waals surface area (Å²) in [6.45, 7) is 0. The quantitative estimate of drug-likeness (QED) is 0.500. The maximum absolute atomic E-state index is 5.26. The molecule has 0 saturated carbocycles. The first-order valence-corrected chi connectivity index (χ1v) is 3.61. The average Bonchev–Trinajstić information content (AvgIpc) is 2.05. The van der Waals surface area contributed by atoms with Crippen LogP contribution in [0.3, 0.4) is 0 Å². The van der Waals surface area contributed by atoms with Gasteiger partial charge in [0, 0.05) is 6.42 Å². The second-order valence-electron chi connectivity index (χ2n) is 2.50. The van der Waals surface area contributed by atoms with Crippen molar-refractivity contribution in [3.8, 4) is 0 Å². The first kappa shape index (κ1) is 5.71. The fraction of sp³-hybridized carbons (Fsp3) is 0.375. The van der Waals surface area contributed by atoms with Crippen LogP contribution in [0.5, 0.6) is 0 Å². The number of hydrogen-bond acceptors (Lipinski definition) is 1. The molecule has 52 valence electrons. The minimum absolute atomic E-state index is 1.02. The molecule has 2 rings (SSSR count). The fourth-order valence-corrected chi connectivity index (χ4v) is 1.26. The molecule has 0 unspecified atom stereocenters. The maximum atomic E-state index is 5.26. The smallest absolute Gasteiger partial charge is 0.222 e. The average molecular weight is 136 g/mol. The lowest BCUT2D eigenvalue weighted by Crippen LogP contribution is -2.68. The van der Waals surface area contributed by atoms with Crippen LogP contribution in [-0.2, 0) is 4.74 Å². The Morgan fingerprint density at radius 3 is 3.40 bits per heavy atom. The summed E-state index contributed by atoms with van der Waals surface area (Å²) in [6.07, 6.45) is 9.15. The molecule has 0 atom stereocenters. The van der Waals surface area contributed by atoms with Gasteiger partial charge >= 0.3 is 0 Å². The van der Waals surface area contributed by atoms with Gasteiger partial charge in [-0.25, -0.2) is 4.99 Å². The Labute approximate surface area is 59.9 Å². The third-order valence-electron chi connectivity index (χ3n) is 1.78. The predicted molar refractivity (Wildman–Crippen MR) is 38.1 cm³/mol. The van der Waals surface area contributed by atoms with Crippen LogP contribution >= 0.6 is 0 Å². The Bertz CT molecular complexity index is 225. The van der Waals surface area contributed by atoms with Crippen molar-refractivity contribution in [1.29, 1.82) is 0 Å². The van der Waals surface area contributed by atoms with Gasteiger partial charge in [-0.1, -0.05) is 0 Å². The van der Waals surface area contributed by atoms with Crippen LogP contribution in [0, 0.1) is 0 Å². The topological polar surface area (TPSA) is 23.2 Å². The van der Waals surface area contributed by atoms with Gasteiger partial charge in [0.2, 0.25) is 11.9 Å². The van der Waals surface area contributed by atoms with Gasteiger partial charge in [-0.15, -0.1) is 0 Å². The standard InChI is InChI=1S/C8H9NO/c1-2-4-8-7(3-1)9-5-6-10-8/h4-6H,1-3H2/p+1. The zero-order chi connectivity index (χ0) is 6.81. The lowest BCUT2D eigenvalue weighted by molar-refractivity contribution is -0.380. The van der Waals surface area contributed by atoms with E-state index in [1.165, 1.54) is 12.1 Å². The molecule has 10 heavy (non-hydrogen) atoms. The van der Waals surface area contributed by atoms with E-state index in [1.807, 2.05) is 6.20 Å². The van der Waals surface area contributed by atoms with Crippen molar-refractivity contribution in [2.75, 3.05) is 0 Å². The first-order chi connectivity index (χ1) is 4.97. The molecule has 1 heterocycles. The van der Waals surface area contributed by atoms with Crippen LogP contribution in [0.1, 0.15) is 19.3 Å². The van der Waals surface area contributed by atoms with Crippen LogP contribution in [-0.4, -0.2) is 5.71 Å². The molecule has 1 aliphatic carbocycles. The van der Waals surface area contributed by atoms with E-state index in [1.54, 1.807) is 6.26 Å². The van der Waals surface area contributed by atoms with E-state index < -0.39 is 0 Å². The molecule has 0 saturated heterocycles. The molecule has 0 aromatic rings. The molecule has 0 amide bonds. The van der Waals surface area contributed by atoms with Crippen LogP contribution < -0.4 is 4.99 Å². The zero-order valence-corrected chi connectivity index (χ0v) is 5.76. The van der Waals surface area contributed by atoms with E-state index in [2.05, 4.69) is 11.1 Å². The Kier molecular flexibility index (Phi) is 1.31. The van der Waals surface area contributed by atoms with Gasteiger partial charge in [0.25, 0.3) is 0 Å². The molecular formula is C8H10NO+. The van der Waals surface area contributed by atoms with Gasteiger partial charge in [0.1, 0.15) is 0 Å². The summed E-state index contributed by atoms with van der Waals surface area (Å²) in [5.41, 5.74) is 1.23. The number of ether oxygens (including phenoxy) is 1. The Hall–Kier alpha value is -1.05.